The first kappa shape index (κ1) is 12.2. The number of amides is 2. The fourth-order valence-corrected chi connectivity index (χ4v) is 1.47. The van der Waals surface area contributed by atoms with Gasteiger partial charge >= 0.3 is 5.97 Å². The molecule has 0 aromatic heterocycles. The van der Waals surface area contributed by atoms with Crippen LogP contribution >= 0.6 is 0 Å². The van der Waals surface area contributed by atoms with Crippen LogP contribution in [0, 0.1) is 0 Å². The van der Waals surface area contributed by atoms with Crippen LogP contribution in [-0.2, 0) is 14.4 Å². The summed E-state index contributed by atoms with van der Waals surface area (Å²) in [5.41, 5.74) is 0. The van der Waals surface area contributed by atoms with Gasteiger partial charge in [0.05, 0.1) is 0 Å². The van der Waals surface area contributed by atoms with Crippen LogP contribution in [0.3, 0.4) is 0 Å². The molecule has 1 rings (SSSR count). The molecule has 1 aliphatic rings. The fraction of sp³-hybridized carbons (Fsp3) is 0.500. The molecule has 3 N–H and O–H groups in total. The number of hydrogen-bond acceptors (Lipinski definition) is 3. The van der Waals surface area contributed by atoms with E-state index in [1.54, 1.807) is 0 Å². The van der Waals surface area contributed by atoms with E-state index in [1.165, 1.54) is 6.08 Å². The van der Waals surface area contributed by atoms with E-state index in [9.17, 15) is 14.4 Å². The summed E-state index contributed by atoms with van der Waals surface area (Å²) in [6.45, 7) is 3.42. The van der Waals surface area contributed by atoms with Crippen molar-refractivity contribution in [3.8, 4) is 0 Å². The van der Waals surface area contributed by atoms with Crippen LogP contribution in [0.15, 0.2) is 12.7 Å². The number of carbonyl (C=O) groups is 3. The molecule has 0 saturated carbocycles. The summed E-state index contributed by atoms with van der Waals surface area (Å²) < 4.78 is 0. The average Bonchev–Trinajstić information content (AvgIpc) is 2.64. The third kappa shape index (κ3) is 3.08. The van der Waals surface area contributed by atoms with Gasteiger partial charge in [-0.15, -0.1) is 6.58 Å². The summed E-state index contributed by atoms with van der Waals surface area (Å²) in [6, 6.07) is -1.60. The van der Waals surface area contributed by atoms with Crippen molar-refractivity contribution in [3.05, 3.63) is 12.7 Å². The maximum absolute atomic E-state index is 11.6. The van der Waals surface area contributed by atoms with Gasteiger partial charge in [0.15, 0.2) is 0 Å². The standard InChI is InChI=1S/C10H14N2O4/c1-2-3-7(10(15)16)12-9(14)6-4-5-8(13)11-6/h2,6-7H,1,3-5H2,(H,11,13)(H,12,14)(H,15,16). The zero-order valence-corrected chi connectivity index (χ0v) is 8.73. The van der Waals surface area contributed by atoms with Gasteiger partial charge in [-0.05, 0) is 12.8 Å². The Bertz CT molecular complexity index is 327. The predicted octanol–water partition coefficient (Wildman–Crippen LogP) is -0.589. The van der Waals surface area contributed by atoms with E-state index in [-0.39, 0.29) is 12.3 Å². The first-order valence-electron chi connectivity index (χ1n) is 4.98. The topological polar surface area (TPSA) is 95.5 Å². The number of carboxylic acids is 1. The van der Waals surface area contributed by atoms with E-state index < -0.39 is 24.0 Å². The lowest BCUT2D eigenvalue weighted by molar-refractivity contribution is -0.142. The number of hydrogen-bond donors (Lipinski definition) is 3. The zero-order valence-electron chi connectivity index (χ0n) is 8.73. The first-order chi connectivity index (χ1) is 7.54. The number of rotatable bonds is 5. The lowest BCUT2D eigenvalue weighted by Crippen LogP contribution is -2.48. The molecule has 88 valence electrons. The van der Waals surface area contributed by atoms with Gasteiger partial charge in [0.1, 0.15) is 12.1 Å². The Kier molecular flexibility index (Phi) is 4.04. The Hall–Kier alpha value is -1.85. The van der Waals surface area contributed by atoms with Crippen molar-refractivity contribution in [2.24, 2.45) is 0 Å². The van der Waals surface area contributed by atoms with Crippen LogP contribution in [0.25, 0.3) is 0 Å². The van der Waals surface area contributed by atoms with E-state index in [0.29, 0.717) is 12.8 Å². The van der Waals surface area contributed by atoms with E-state index >= 15 is 0 Å². The predicted molar refractivity (Wildman–Crippen MR) is 55.5 cm³/mol. The second-order valence-electron chi connectivity index (χ2n) is 3.58. The highest BCUT2D eigenvalue weighted by Gasteiger charge is 2.29. The van der Waals surface area contributed by atoms with Crippen LogP contribution in [-0.4, -0.2) is 35.0 Å². The number of carboxylic acid groups (broad SMARTS) is 1. The number of carbonyl (C=O) groups excluding carboxylic acids is 2. The summed E-state index contributed by atoms with van der Waals surface area (Å²) in [5, 5.41) is 13.6. The van der Waals surface area contributed by atoms with Gasteiger partial charge in [-0.2, -0.15) is 0 Å². The SMILES string of the molecule is C=CCC(NC(=O)C1CCC(=O)N1)C(=O)O. The van der Waals surface area contributed by atoms with Crippen LogP contribution in [0.1, 0.15) is 19.3 Å². The van der Waals surface area contributed by atoms with Crippen LogP contribution < -0.4 is 10.6 Å². The minimum Gasteiger partial charge on any atom is -0.480 e. The zero-order chi connectivity index (χ0) is 12.1. The Labute approximate surface area is 92.7 Å². The highest BCUT2D eigenvalue weighted by atomic mass is 16.4. The van der Waals surface area contributed by atoms with E-state index in [2.05, 4.69) is 17.2 Å². The van der Waals surface area contributed by atoms with Gasteiger partial charge in [-0.1, -0.05) is 6.08 Å². The molecule has 0 aliphatic carbocycles. The molecule has 16 heavy (non-hydrogen) atoms. The normalized spacial score (nSPS) is 21.0. The second-order valence-corrected chi connectivity index (χ2v) is 3.58. The van der Waals surface area contributed by atoms with Gasteiger partial charge in [0, 0.05) is 6.42 Å². The molecule has 0 radical (unpaired) electrons. The van der Waals surface area contributed by atoms with Crippen molar-refractivity contribution >= 4 is 17.8 Å². The lowest BCUT2D eigenvalue weighted by Gasteiger charge is -2.15. The molecule has 1 fully saturated rings. The maximum Gasteiger partial charge on any atom is 0.326 e. The van der Waals surface area contributed by atoms with Gasteiger partial charge in [-0.25, -0.2) is 4.79 Å². The average molecular weight is 226 g/mol. The van der Waals surface area contributed by atoms with Crippen molar-refractivity contribution in [1.29, 1.82) is 0 Å². The molecule has 1 aliphatic heterocycles. The molecule has 6 heteroatoms. The molecule has 2 amide bonds. The van der Waals surface area contributed by atoms with Gasteiger partial charge < -0.3 is 15.7 Å². The molecule has 2 unspecified atom stereocenters. The minimum atomic E-state index is -1.11. The Balaban J connectivity index is 2.51. The van der Waals surface area contributed by atoms with Crippen molar-refractivity contribution in [3.63, 3.8) is 0 Å². The van der Waals surface area contributed by atoms with E-state index in [1.807, 2.05) is 0 Å². The molecular weight excluding hydrogens is 212 g/mol. The summed E-state index contributed by atoms with van der Waals surface area (Å²) in [6.07, 6.45) is 2.29. The Morgan fingerprint density at radius 3 is 2.81 bits per heavy atom. The Morgan fingerprint density at radius 2 is 2.38 bits per heavy atom. The number of aliphatic carboxylic acids is 1. The van der Waals surface area contributed by atoms with Gasteiger partial charge in [0.25, 0.3) is 0 Å². The molecular formula is C10H14N2O4. The first-order valence-corrected chi connectivity index (χ1v) is 4.98. The minimum absolute atomic E-state index is 0.155. The smallest absolute Gasteiger partial charge is 0.326 e. The van der Waals surface area contributed by atoms with Gasteiger partial charge in [-0.3, -0.25) is 9.59 Å². The lowest BCUT2D eigenvalue weighted by atomic mass is 10.1. The van der Waals surface area contributed by atoms with Crippen LogP contribution in [0.2, 0.25) is 0 Å². The fourth-order valence-electron chi connectivity index (χ4n) is 1.47. The molecule has 0 aromatic carbocycles. The molecule has 1 heterocycles. The molecule has 6 nitrogen and oxygen atoms in total. The van der Waals surface area contributed by atoms with E-state index in [4.69, 9.17) is 5.11 Å². The summed E-state index contributed by atoms with van der Waals surface area (Å²) in [4.78, 5) is 33.2. The third-order valence-corrected chi connectivity index (χ3v) is 2.33. The highest BCUT2D eigenvalue weighted by Crippen LogP contribution is 2.07. The number of nitrogens with one attached hydrogen (secondary N) is 2. The molecule has 0 bridgehead atoms. The largest absolute Gasteiger partial charge is 0.480 e. The summed E-state index contributed by atoms with van der Waals surface area (Å²) in [5.74, 6) is -1.76. The molecule has 0 spiro atoms. The van der Waals surface area contributed by atoms with E-state index in [0.717, 1.165) is 0 Å². The molecule has 0 aromatic rings. The van der Waals surface area contributed by atoms with Crippen molar-refractivity contribution in [2.75, 3.05) is 0 Å². The van der Waals surface area contributed by atoms with Gasteiger partial charge in [0.2, 0.25) is 11.8 Å². The van der Waals surface area contributed by atoms with Crippen molar-refractivity contribution in [2.45, 2.75) is 31.3 Å². The second kappa shape index (κ2) is 5.29. The highest BCUT2D eigenvalue weighted by molar-refractivity contribution is 5.92. The Morgan fingerprint density at radius 1 is 1.69 bits per heavy atom. The third-order valence-electron chi connectivity index (χ3n) is 2.33. The summed E-state index contributed by atoms with van der Waals surface area (Å²) >= 11 is 0. The molecule has 1 saturated heterocycles. The van der Waals surface area contributed by atoms with Crippen molar-refractivity contribution < 1.29 is 19.5 Å². The molecule has 2 atom stereocenters. The van der Waals surface area contributed by atoms with Crippen LogP contribution in [0.4, 0.5) is 0 Å². The van der Waals surface area contributed by atoms with Crippen LogP contribution in [0.5, 0.6) is 0 Å². The van der Waals surface area contributed by atoms with Crippen molar-refractivity contribution in [1.82, 2.24) is 10.6 Å². The maximum atomic E-state index is 11.6. The summed E-state index contributed by atoms with van der Waals surface area (Å²) in [7, 11) is 0. The monoisotopic (exact) mass is 226 g/mol. The quantitative estimate of drug-likeness (QED) is 0.546.